The van der Waals surface area contributed by atoms with Crippen molar-refractivity contribution >= 4 is 23.0 Å². The molecule has 2 aromatic heterocycles. The molecule has 0 aliphatic carbocycles. The first-order valence-corrected chi connectivity index (χ1v) is 14.2. The van der Waals surface area contributed by atoms with E-state index >= 15 is 0 Å². The zero-order valence-corrected chi connectivity index (χ0v) is 23.8. The van der Waals surface area contributed by atoms with Crippen molar-refractivity contribution in [2.75, 3.05) is 11.9 Å². The maximum atomic E-state index is 12.0. The number of carbonyl (C=O) groups excluding carboxylic acids is 1. The summed E-state index contributed by atoms with van der Waals surface area (Å²) in [5.74, 6) is -0.269. The molecular formula is C33H33N5O5. The third kappa shape index (κ3) is 5.25. The van der Waals surface area contributed by atoms with E-state index in [0.717, 1.165) is 16.7 Å². The van der Waals surface area contributed by atoms with Crippen LogP contribution < -0.4 is 5.32 Å². The average molecular weight is 580 g/mol. The van der Waals surface area contributed by atoms with Crippen LogP contribution >= 0.6 is 0 Å². The van der Waals surface area contributed by atoms with E-state index in [1.807, 2.05) is 54.6 Å². The molecule has 43 heavy (non-hydrogen) atoms. The highest BCUT2D eigenvalue weighted by atomic mass is 16.6. The van der Waals surface area contributed by atoms with Crippen LogP contribution in [0.25, 0.3) is 11.2 Å². The Bertz CT molecular complexity index is 1580. The number of esters is 1. The van der Waals surface area contributed by atoms with Crippen LogP contribution in [0, 0.1) is 5.92 Å². The number of rotatable bonds is 9. The number of nitrogens with zero attached hydrogens (tertiary/aromatic N) is 4. The van der Waals surface area contributed by atoms with Gasteiger partial charge >= 0.3 is 5.97 Å². The van der Waals surface area contributed by atoms with E-state index < -0.39 is 36.0 Å². The third-order valence-electron chi connectivity index (χ3n) is 7.76. The number of aliphatic hydroxyl groups excluding tert-OH is 2. The van der Waals surface area contributed by atoms with Crippen LogP contribution in [0.3, 0.4) is 0 Å². The topological polar surface area (TPSA) is 132 Å². The minimum atomic E-state index is -1.30. The molecule has 0 spiro atoms. The number of aromatic nitrogens is 4. The molecule has 220 valence electrons. The minimum absolute atomic E-state index is 0.187. The lowest BCUT2D eigenvalue weighted by Gasteiger charge is -2.37. The standard InChI is InChI=1S/C33H33N5O5/c1-21(2)32(41)42-18-25-27(39)28(40)31(43-25)38-20-36-26-29(34-19-35-30(26)38)37-33(22-12-6-3-7-13-22,23-14-8-4-9-15-23)24-16-10-5-11-17-24/h3-17,19-21,25,27-28,31,39-40H,18H2,1-2H3,(H,34,35,37)/t25-,27-,28-,31-/m1/s1. The fourth-order valence-corrected chi connectivity index (χ4v) is 5.52. The van der Waals surface area contributed by atoms with E-state index in [1.54, 1.807) is 18.4 Å². The number of carbonyl (C=O) groups is 1. The van der Waals surface area contributed by atoms with Crippen molar-refractivity contribution < 1.29 is 24.5 Å². The van der Waals surface area contributed by atoms with Crippen molar-refractivity contribution in [1.82, 2.24) is 19.5 Å². The lowest BCUT2D eigenvalue weighted by Crippen LogP contribution is -2.38. The molecule has 1 aliphatic heterocycles. The molecule has 1 saturated heterocycles. The molecule has 3 heterocycles. The fourth-order valence-electron chi connectivity index (χ4n) is 5.52. The molecule has 0 saturated carbocycles. The van der Waals surface area contributed by atoms with Gasteiger partial charge < -0.3 is 25.0 Å². The van der Waals surface area contributed by atoms with Crippen molar-refractivity contribution in [2.45, 2.75) is 43.9 Å². The predicted octanol–water partition coefficient (Wildman–Crippen LogP) is 4.05. The zero-order chi connectivity index (χ0) is 30.0. The number of anilines is 1. The highest BCUT2D eigenvalue weighted by molar-refractivity contribution is 5.84. The summed E-state index contributed by atoms with van der Waals surface area (Å²) in [6.45, 7) is 3.25. The van der Waals surface area contributed by atoms with Gasteiger partial charge in [-0.05, 0) is 16.7 Å². The Balaban J connectivity index is 1.41. The van der Waals surface area contributed by atoms with E-state index in [9.17, 15) is 15.0 Å². The minimum Gasteiger partial charge on any atom is -0.463 e. The molecule has 10 nitrogen and oxygen atoms in total. The van der Waals surface area contributed by atoms with Gasteiger partial charge in [0.2, 0.25) is 0 Å². The number of nitrogens with one attached hydrogen (secondary N) is 1. The first-order valence-electron chi connectivity index (χ1n) is 14.2. The molecule has 10 heteroatoms. The highest BCUT2D eigenvalue weighted by Gasteiger charge is 2.45. The second kappa shape index (κ2) is 11.9. The lowest BCUT2D eigenvalue weighted by atomic mass is 9.77. The van der Waals surface area contributed by atoms with E-state index in [1.165, 1.54) is 12.7 Å². The summed E-state index contributed by atoms with van der Waals surface area (Å²) < 4.78 is 12.8. The first kappa shape index (κ1) is 28.5. The number of aliphatic hydroxyl groups is 2. The number of benzene rings is 3. The normalized spacial score (nSPS) is 20.4. The van der Waals surface area contributed by atoms with E-state index in [4.69, 9.17) is 9.47 Å². The summed E-state index contributed by atoms with van der Waals surface area (Å²) >= 11 is 0. The molecule has 1 fully saturated rings. The average Bonchev–Trinajstić information content (AvgIpc) is 3.60. The number of fused-ring (bicyclic) bond motifs is 1. The highest BCUT2D eigenvalue weighted by Crippen LogP contribution is 2.41. The van der Waals surface area contributed by atoms with Crippen molar-refractivity contribution in [1.29, 1.82) is 0 Å². The molecule has 0 bridgehead atoms. The molecule has 3 aromatic carbocycles. The van der Waals surface area contributed by atoms with Crippen LogP contribution in [0.1, 0.15) is 36.8 Å². The quantitative estimate of drug-likeness (QED) is 0.175. The van der Waals surface area contributed by atoms with Crippen LogP contribution in [-0.4, -0.2) is 60.6 Å². The van der Waals surface area contributed by atoms with E-state index in [-0.39, 0.29) is 12.5 Å². The van der Waals surface area contributed by atoms with Gasteiger partial charge in [-0.1, -0.05) is 105 Å². The summed E-state index contributed by atoms with van der Waals surface area (Å²) in [4.78, 5) is 25.7. The van der Waals surface area contributed by atoms with Gasteiger partial charge in [-0.2, -0.15) is 0 Å². The van der Waals surface area contributed by atoms with Gasteiger partial charge in [-0.15, -0.1) is 0 Å². The molecule has 0 radical (unpaired) electrons. The van der Waals surface area contributed by atoms with Crippen LogP contribution in [-0.2, 0) is 19.8 Å². The van der Waals surface area contributed by atoms with Gasteiger partial charge in [-0.3, -0.25) is 9.36 Å². The molecule has 6 rings (SSSR count). The Hall–Kier alpha value is -4.64. The van der Waals surface area contributed by atoms with Crippen LogP contribution in [0.15, 0.2) is 104 Å². The fraction of sp³-hybridized carbons (Fsp3) is 0.273. The molecule has 4 atom stereocenters. The van der Waals surface area contributed by atoms with Gasteiger partial charge in [0.15, 0.2) is 23.2 Å². The Morgan fingerprint density at radius 2 is 1.44 bits per heavy atom. The third-order valence-corrected chi connectivity index (χ3v) is 7.76. The number of hydrogen-bond donors (Lipinski definition) is 3. The largest absolute Gasteiger partial charge is 0.463 e. The molecule has 3 N–H and O–H groups in total. The van der Waals surface area contributed by atoms with Crippen LogP contribution in [0.4, 0.5) is 5.82 Å². The maximum Gasteiger partial charge on any atom is 0.308 e. The number of ether oxygens (including phenoxy) is 2. The smallest absolute Gasteiger partial charge is 0.308 e. The van der Waals surface area contributed by atoms with Crippen molar-refractivity contribution in [2.24, 2.45) is 5.92 Å². The van der Waals surface area contributed by atoms with Gasteiger partial charge in [0.25, 0.3) is 0 Å². The van der Waals surface area contributed by atoms with Crippen LogP contribution in [0.2, 0.25) is 0 Å². The van der Waals surface area contributed by atoms with E-state index in [0.29, 0.717) is 17.0 Å². The summed E-state index contributed by atoms with van der Waals surface area (Å²) in [5.41, 5.74) is 2.99. The summed E-state index contributed by atoms with van der Waals surface area (Å²) in [7, 11) is 0. The van der Waals surface area contributed by atoms with Gasteiger partial charge in [-0.25, -0.2) is 15.0 Å². The lowest BCUT2D eigenvalue weighted by molar-refractivity contribution is -0.153. The zero-order valence-electron chi connectivity index (χ0n) is 23.8. The van der Waals surface area contributed by atoms with Gasteiger partial charge in [0.05, 0.1) is 12.2 Å². The Kier molecular flexibility index (Phi) is 7.90. The Morgan fingerprint density at radius 3 is 1.98 bits per heavy atom. The van der Waals surface area contributed by atoms with Crippen molar-refractivity contribution in [3.63, 3.8) is 0 Å². The SMILES string of the molecule is CC(C)C(=O)OC[C@H]1O[C@@H](n2cnc3c(NC(c4ccccc4)(c4ccccc4)c4ccccc4)ncnc32)[C@H](O)[C@@H]1O. The summed E-state index contributed by atoms with van der Waals surface area (Å²) in [6, 6.07) is 30.4. The van der Waals surface area contributed by atoms with Gasteiger partial charge in [0.1, 0.15) is 36.8 Å². The summed E-state index contributed by atoms with van der Waals surface area (Å²) in [5, 5.41) is 25.3. The molecule has 5 aromatic rings. The second-order valence-electron chi connectivity index (χ2n) is 10.9. The molecule has 1 aliphatic rings. The van der Waals surface area contributed by atoms with E-state index in [2.05, 4.69) is 56.7 Å². The first-order chi connectivity index (χ1) is 20.9. The van der Waals surface area contributed by atoms with Gasteiger partial charge in [0, 0.05) is 0 Å². The predicted molar refractivity (Wildman–Crippen MR) is 160 cm³/mol. The summed E-state index contributed by atoms with van der Waals surface area (Å²) in [6.07, 6.45) is -1.57. The molecule has 0 unspecified atom stereocenters. The van der Waals surface area contributed by atoms with Crippen molar-refractivity contribution in [3.05, 3.63) is 120 Å². The van der Waals surface area contributed by atoms with Crippen LogP contribution in [0.5, 0.6) is 0 Å². The Labute approximate surface area is 249 Å². The second-order valence-corrected chi connectivity index (χ2v) is 10.9. The Morgan fingerprint density at radius 1 is 0.884 bits per heavy atom. The maximum absolute atomic E-state index is 12.0. The number of hydrogen-bond acceptors (Lipinski definition) is 9. The molecular weight excluding hydrogens is 546 g/mol. The monoisotopic (exact) mass is 579 g/mol. The number of imidazole rings is 1. The van der Waals surface area contributed by atoms with Crippen molar-refractivity contribution in [3.8, 4) is 0 Å². The molecule has 0 amide bonds.